The Labute approximate surface area is 115 Å². The number of esters is 1. The first kappa shape index (κ1) is 12.5. The molecule has 3 aromatic heterocycles. The van der Waals surface area contributed by atoms with Crippen LogP contribution in [0.15, 0.2) is 41.1 Å². The van der Waals surface area contributed by atoms with Crippen molar-refractivity contribution in [3.05, 3.63) is 59.4 Å². The number of furan rings is 1. The molecule has 0 saturated carbocycles. The second-order valence-electron chi connectivity index (χ2n) is 4.60. The highest BCUT2D eigenvalue weighted by molar-refractivity contribution is 5.90. The van der Waals surface area contributed by atoms with E-state index >= 15 is 0 Å². The van der Waals surface area contributed by atoms with Gasteiger partial charge in [-0.05, 0) is 32.0 Å². The minimum absolute atomic E-state index is 0.143. The molecule has 3 aromatic rings. The fourth-order valence-corrected chi connectivity index (χ4v) is 2.11. The van der Waals surface area contributed by atoms with Crippen LogP contribution in [0.2, 0.25) is 0 Å². The van der Waals surface area contributed by atoms with Crippen LogP contribution in [0.4, 0.5) is 0 Å². The van der Waals surface area contributed by atoms with Gasteiger partial charge in [0.25, 0.3) is 0 Å². The Balaban J connectivity index is 1.73. The van der Waals surface area contributed by atoms with Crippen molar-refractivity contribution < 1.29 is 13.9 Å². The van der Waals surface area contributed by atoms with Crippen molar-refractivity contribution in [2.45, 2.75) is 20.5 Å². The van der Waals surface area contributed by atoms with Crippen molar-refractivity contribution in [2.24, 2.45) is 0 Å². The summed E-state index contributed by atoms with van der Waals surface area (Å²) < 4.78 is 12.5. The van der Waals surface area contributed by atoms with E-state index in [-0.39, 0.29) is 6.61 Å². The van der Waals surface area contributed by atoms with Crippen LogP contribution in [-0.4, -0.2) is 15.4 Å². The van der Waals surface area contributed by atoms with Gasteiger partial charge in [-0.2, -0.15) is 0 Å². The number of ether oxygens (including phenoxy) is 1. The van der Waals surface area contributed by atoms with Crippen LogP contribution in [-0.2, 0) is 11.3 Å². The standard InChI is InChI=1S/C15H14N2O3/c1-10-7-13(11(2)20-10)15(18)19-9-12-8-17-6-4-3-5-14(17)16-12/h3-8H,9H2,1-2H3. The van der Waals surface area contributed by atoms with E-state index in [9.17, 15) is 4.79 Å². The van der Waals surface area contributed by atoms with E-state index < -0.39 is 5.97 Å². The number of hydrogen-bond acceptors (Lipinski definition) is 4. The lowest BCUT2D eigenvalue weighted by Gasteiger charge is -2.00. The average Bonchev–Trinajstić information content (AvgIpc) is 2.98. The maximum absolute atomic E-state index is 12.0. The highest BCUT2D eigenvalue weighted by Gasteiger charge is 2.15. The Bertz CT molecular complexity index is 737. The summed E-state index contributed by atoms with van der Waals surface area (Å²) in [4.78, 5) is 16.3. The fraction of sp³-hybridized carbons (Fsp3) is 0.200. The van der Waals surface area contributed by atoms with Crippen molar-refractivity contribution >= 4 is 11.6 Å². The van der Waals surface area contributed by atoms with Crippen LogP contribution < -0.4 is 0 Å². The second-order valence-corrected chi connectivity index (χ2v) is 4.60. The summed E-state index contributed by atoms with van der Waals surface area (Å²) in [6.45, 7) is 3.69. The zero-order chi connectivity index (χ0) is 14.1. The number of nitrogens with zero attached hydrogens (tertiary/aromatic N) is 2. The van der Waals surface area contributed by atoms with E-state index in [2.05, 4.69) is 4.98 Å². The molecule has 5 heteroatoms. The molecule has 0 saturated heterocycles. The Morgan fingerprint density at radius 3 is 2.95 bits per heavy atom. The zero-order valence-corrected chi connectivity index (χ0v) is 11.3. The average molecular weight is 270 g/mol. The van der Waals surface area contributed by atoms with Gasteiger partial charge in [-0.1, -0.05) is 6.07 Å². The number of aromatic nitrogens is 2. The molecule has 3 heterocycles. The highest BCUT2D eigenvalue weighted by Crippen LogP contribution is 2.15. The van der Waals surface area contributed by atoms with Crippen molar-refractivity contribution in [1.29, 1.82) is 0 Å². The van der Waals surface area contributed by atoms with E-state index in [1.807, 2.05) is 35.0 Å². The van der Waals surface area contributed by atoms with Gasteiger partial charge in [0.15, 0.2) is 0 Å². The molecule has 0 spiro atoms. The Kier molecular flexibility index (Phi) is 3.02. The molecule has 0 N–H and O–H groups in total. The summed E-state index contributed by atoms with van der Waals surface area (Å²) in [6.07, 6.45) is 3.74. The zero-order valence-electron chi connectivity index (χ0n) is 11.3. The predicted molar refractivity (Wildman–Crippen MR) is 72.5 cm³/mol. The van der Waals surface area contributed by atoms with Crippen molar-refractivity contribution in [2.75, 3.05) is 0 Å². The largest absolute Gasteiger partial charge is 0.466 e. The van der Waals surface area contributed by atoms with Crippen LogP contribution in [0, 0.1) is 13.8 Å². The first-order valence-corrected chi connectivity index (χ1v) is 6.30. The van der Waals surface area contributed by atoms with E-state index in [4.69, 9.17) is 9.15 Å². The first-order valence-electron chi connectivity index (χ1n) is 6.30. The number of rotatable bonds is 3. The summed E-state index contributed by atoms with van der Waals surface area (Å²) >= 11 is 0. The second kappa shape index (κ2) is 4.85. The van der Waals surface area contributed by atoms with Crippen LogP contribution >= 0.6 is 0 Å². The maximum Gasteiger partial charge on any atom is 0.342 e. The summed E-state index contributed by atoms with van der Waals surface area (Å²) in [6, 6.07) is 7.41. The Morgan fingerprint density at radius 2 is 2.25 bits per heavy atom. The third-order valence-corrected chi connectivity index (χ3v) is 3.03. The number of fused-ring (bicyclic) bond motifs is 1. The van der Waals surface area contributed by atoms with Gasteiger partial charge in [0, 0.05) is 12.4 Å². The van der Waals surface area contributed by atoms with Crippen LogP contribution in [0.3, 0.4) is 0 Å². The Hall–Kier alpha value is -2.56. The van der Waals surface area contributed by atoms with Gasteiger partial charge >= 0.3 is 5.97 Å². The number of imidazole rings is 1. The number of pyridine rings is 1. The van der Waals surface area contributed by atoms with Gasteiger partial charge in [0.05, 0.1) is 5.69 Å². The lowest BCUT2D eigenvalue weighted by Crippen LogP contribution is -2.05. The third-order valence-electron chi connectivity index (χ3n) is 3.03. The van der Waals surface area contributed by atoms with E-state index in [0.717, 1.165) is 5.65 Å². The number of carbonyl (C=O) groups is 1. The van der Waals surface area contributed by atoms with E-state index in [1.54, 1.807) is 19.9 Å². The molecule has 0 fully saturated rings. The molecule has 20 heavy (non-hydrogen) atoms. The van der Waals surface area contributed by atoms with Gasteiger partial charge in [0.1, 0.15) is 29.3 Å². The van der Waals surface area contributed by atoms with E-state index in [0.29, 0.717) is 22.8 Å². The Morgan fingerprint density at radius 1 is 1.40 bits per heavy atom. The molecule has 3 rings (SSSR count). The summed E-state index contributed by atoms with van der Waals surface area (Å²) in [7, 11) is 0. The molecule has 0 aliphatic heterocycles. The number of hydrogen-bond donors (Lipinski definition) is 0. The maximum atomic E-state index is 12.0. The third kappa shape index (κ3) is 2.30. The van der Waals surface area contributed by atoms with Gasteiger partial charge in [-0.3, -0.25) is 0 Å². The molecule has 5 nitrogen and oxygen atoms in total. The number of carbonyl (C=O) groups excluding carboxylic acids is 1. The summed E-state index contributed by atoms with van der Waals surface area (Å²) in [5.41, 5.74) is 2.00. The molecule has 0 aromatic carbocycles. The van der Waals surface area contributed by atoms with Gasteiger partial charge in [-0.15, -0.1) is 0 Å². The normalized spacial score (nSPS) is 10.9. The molecule has 0 aliphatic carbocycles. The molecule has 102 valence electrons. The molecule has 0 aliphatic rings. The van der Waals surface area contributed by atoms with Crippen LogP contribution in [0.25, 0.3) is 5.65 Å². The quantitative estimate of drug-likeness (QED) is 0.687. The highest BCUT2D eigenvalue weighted by atomic mass is 16.5. The van der Waals surface area contributed by atoms with Crippen molar-refractivity contribution in [3.63, 3.8) is 0 Å². The number of aryl methyl sites for hydroxylation is 2. The molecular formula is C15H14N2O3. The van der Waals surface area contributed by atoms with Crippen molar-refractivity contribution in [3.8, 4) is 0 Å². The molecule has 0 atom stereocenters. The van der Waals surface area contributed by atoms with Gasteiger partial charge < -0.3 is 13.6 Å². The first-order chi connectivity index (χ1) is 9.63. The monoisotopic (exact) mass is 270 g/mol. The minimum atomic E-state index is -0.392. The summed E-state index contributed by atoms with van der Waals surface area (Å²) in [5, 5.41) is 0. The smallest absolute Gasteiger partial charge is 0.342 e. The van der Waals surface area contributed by atoms with Crippen LogP contribution in [0.1, 0.15) is 27.6 Å². The molecule has 0 bridgehead atoms. The topological polar surface area (TPSA) is 56.7 Å². The lowest BCUT2D eigenvalue weighted by molar-refractivity contribution is 0.0466. The molecule has 0 amide bonds. The lowest BCUT2D eigenvalue weighted by atomic mass is 10.2. The van der Waals surface area contributed by atoms with Crippen LogP contribution in [0.5, 0.6) is 0 Å². The van der Waals surface area contributed by atoms with Gasteiger partial charge in [0.2, 0.25) is 0 Å². The minimum Gasteiger partial charge on any atom is -0.466 e. The van der Waals surface area contributed by atoms with E-state index in [1.165, 1.54) is 0 Å². The molecule has 0 unspecified atom stereocenters. The SMILES string of the molecule is Cc1cc(C(=O)OCc2cn3ccccc3n2)c(C)o1. The molecular weight excluding hydrogens is 256 g/mol. The van der Waals surface area contributed by atoms with Gasteiger partial charge in [-0.25, -0.2) is 9.78 Å². The predicted octanol–water partition coefficient (Wildman–Crippen LogP) is 2.90. The summed E-state index contributed by atoms with van der Waals surface area (Å²) in [5.74, 6) is 0.876. The molecule has 0 radical (unpaired) electrons. The fourth-order valence-electron chi connectivity index (χ4n) is 2.11. The van der Waals surface area contributed by atoms with Crippen molar-refractivity contribution in [1.82, 2.24) is 9.38 Å².